The Balaban J connectivity index is 1.62. The number of amidine groups is 1. The van der Waals surface area contributed by atoms with Crippen LogP contribution in [-0.2, 0) is 0 Å². The van der Waals surface area contributed by atoms with Gasteiger partial charge in [-0.15, -0.1) is 0 Å². The van der Waals surface area contributed by atoms with Gasteiger partial charge in [-0.2, -0.15) is 0 Å². The van der Waals surface area contributed by atoms with Gasteiger partial charge in [-0.05, 0) is 42.5 Å². The molecule has 1 saturated heterocycles. The number of fused-ring (bicyclic) bond motifs is 1. The van der Waals surface area contributed by atoms with E-state index in [4.69, 9.17) is 4.99 Å². The van der Waals surface area contributed by atoms with Crippen LogP contribution in [0.2, 0.25) is 0 Å². The minimum Gasteiger partial charge on any atom is -0.339 e. The zero-order chi connectivity index (χ0) is 18.4. The molecule has 0 radical (unpaired) electrons. The van der Waals surface area contributed by atoms with Gasteiger partial charge in [0.25, 0.3) is 0 Å². The van der Waals surface area contributed by atoms with Gasteiger partial charge in [0.15, 0.2) is 5.17 Å². The Labute approximate surface area is 161 Å². The van der Waals surface area contributed by atoms with Crippen LogP contribution in [-0.4, -0.2) is 31.4 Å². The van der Waals surface area contributed by atoms with Crippen molar-refractivity contribution in [1.29, 1.82) is 0 Å². The van der Waals surface area contributed by atoms with Crippen molar-refractivity contribution in [2.75, 3.05) is 6.54 Å². The molecule has 136 valence electrons. The maximum atomic E-state index is 13.8. The molecular weight excluding hydrogens is 359 g/mol. The van der Waals surface area contributed by atoms with Crippen molar-refractivity contribution in [2.45, 2.75) is 24.3 Å². The molecule has 0 amide bonds. The third kappa shape index (κ3) is 2.84. The standard InChI is InChI=1S/C21H19FN4S/c1-14-13-26-20(19(24-21(26)27-14)17-8-2-3-10-23-17)18-9-5-11-25(18)16-7-4-6-15(22)12-16/h2-12,14,19-20H,13H2,1H3/t14-,19+,20+/m1/s1. The summed E-state index contributed by atoms with van der Waals surface area (Å²) in [4.78, 5) is 12.0. The van der Waals surface area contributed by atoms with Crippen LogP contribution >= 0.6 is 11.8 Å². The van der Waals surface area contributed by atoms with Crippen LogP contribution in [0.15, 0.2) is 72.0 Å². The zero-order valence-electron chi connectivity index (χ0n) is 14.9. The highest BCUT2D eigenvalue weighted by molar-refractivity contribution is 8.14. The number of hydrogen-bond donors (Lipinski definition) is 0. The van der Waals surface area contributed by atoms with Crippen molar-refractivity contribution < 1.29 is 4.39 Å². The van der Waals surface area contributed by atoms with Crippen LogP contribution in [0.1, 0.15) is 30.4 Å². The van der Waals surface area contributed by atoms with E-state index in [0.29, 0.717) is 5.25 Å². The second kappa shape index (κ2) is 6.53. The van der Waals surface area contributed by atoms with Gasteiger partial charge in [0, 0.05) is 35.6 Å². The quantitative estimate of drug-likeness (QED) is 0.668. The van der Waals surface area contributed by atoms with Gasteiger partial charge in [-0.3, -0.25) is 9.98 Å². The second-order valence-electron chi connectivity index (χ2n) is 6.92. The second-order valence-corrected chi connectivity index (χ2v) is 8.33. The first-order valence-corrected chi connectivity index (χ1v) is 9.94. The summed E-state index contributed by atoms with van der Waals surface area (Å²) in [6.07, 6.45) is 3.81. The first-order valence-electron chi connectivity index (χ1n) is 9.06. The van der Waals surface area contributed by atoms with Gasteiger partial charge in [0.1, 0.15) is 11.9 Å². The van der Waals surface area contributed by atoms with E-state index in [2.05, 4.69) is 27.4 Å². The van der Waals surface area contributed by atoms with Gasteiger partial charge in [-0.25, -0.2) is 4.39 Å². The fraction of sp³-hybridized carbons (Fsp3) is 0.238. The van der Waals surface area contributed by atoms with Gasteiger partial charge in [-0.1, -0.05) is 30.8 Å². The molecule has 3 aromatic rings. The summed E-state index contributed by atoms with van der Waals surface area (Å²) in [5.41, 5.74) is 2.89. The van der Waals surface area contributed by atoms with Gasteiger partial charge in [0.2, 0.25) is 0 Å². The van der Waals surface area contributed by atoms with E-state index in [1.807, 2.05) is 54.5 Å². The van der Waals surface area contributed by atoms with Crippen LogP contribution in [0, 0.1) is 5.82 Å². The molecule has 0 spiro atoms. The number of halogens is 1. The summed E-state index contributed by atoms with van der Waals surface area (Å²) in [5, 5.41) is 1.59. The maximum absolute atomic E-state index is 13.8. The predicted octanol–water partition coefficient (Wildman–Crippen LogP) is 4.60. The summed E-state index contributed by atoms with van der Waals surface area (Å²) < 4.78 is 15.9. The monoisotopic (exact) mass is 378 g/mol. The number of pyridine rings is 1. The smallest absolute Gasteiger partial charge is 0.160 e. The van der Waals surface area contributed by atoms with E-state index in [-0.39, 0.29) is 17.9 Å². The number of hydrogen-bond acceptors (Lipinski definition) is 4. The lowest BCUT2D eigenvalue weighted by Crippen LogP contribution is -2.30. The van der Waals surface area contributed by atoms with E-state index in [0.717, 1.165) is 28.8 Å². The highest BCUT2D eigenvalue weighted by Crippen LogP contribution is 2.47. The third-order valence-electron chi connectivity index (χ3n) is 5.05. The first kappa shape index (κ1) is 16.6. The van der Waals surface area contributed by atoms with E-state index in [1.165, 1.54) is 6.07 Å². The fourth-order valence-electron chi connectivity index (χ4n) is 3.93. The van der Waals surface area contributed by atoms with E-state index in [1.54, 1.807) is 12.1 Å². The number of aromatic nitrogens is 2. The Morgan fingerprint density at radius 1 is 1.11 bits per heavy atom. The lowest BCUT2D eigenvalue weighted by atomic mass is 10.0. The number of nitrogens with zero attached hydrogens (tertiary/aromatic N) is 4. The Bertz CT molecular complexity index is 1000. The molecule has 3 atom stereocenters. The summed E-state index contributed by atoms with van der Waals surface area (Å²) in [6.45, 7) is 3.18. The minimum absolute atomic E-state index is 0.0469. The lowest BCUT2D eigenvalue weighted by Gasteiger charge is -2.28. The van der Waals surface area contributed by atoms with Crippen molar-refractivity contribution in [3.8, 4) is 5.69 Å². The number of thioether (sulfide) groups is 1. The van der Waals surface area contributed by atoms with Gasteiger partial charge in [0.05, 0.1) is 11.7 Å². The molecule has 2 aliphatic rings. The molecule has 2 aromatic heterocycles. The molecule has 1 aromatic carbocycles. The van der Waals surface area contributed by atoms with E-state index >= 15 is 0 Å². The summed E-state index contributed by atoms with van der Waals surface area (Å²) in [5.74, 6) is -0.234. The van der Waals surface area contributed by atoms with Crippen molar-refractivity contribution >= 4 is 16.9 Å². The van der Waals surface area contributed by atoms with Crippen LogP contribution in [0.3, 0.4) is 0 Å². The Hall–Kier alpha value is -2.60. The lowest BCUT2D eigenvalue weighted by molar-refractivity contribution is 0.312. The molecule has 1 fully saturated rings. The molecule has 2 aliphatic heterocycles. The van der Waals surface area contributed by atoms with Crippen molar-refractivity contribution in [3.05, 3.63) is 84.2 Å². The highest BCUT2D eigenvalue weighted by atomic mass is 32.2. The average molecular weight is 378 g/mol. The normalized spacial score (nSPS) is 24.1. The predicted molar refractivity (Wildman–Crippen MR) is 107 cm³/mol. The summed E-state index contributed by atoms with van der Waals surface area (Å²) in [6, 6.07) is 16.8. The number of rotatable bonds is 3. The first-order chi connectivity index (χ1) is 13.2. The highest BCUT2D eigenvalue weighted by Gasteiger charge is 2.44. The largest absolute Gasteiger partial charge is 0.339 e. The zero-order valence-corrected chi connectivity index (χ0v) is 15.7. The Morgan fingerprint density at radius 3 is 2.85 bits per heavy atom. The van der Waals surface area contributed by atoms with Crippen LogP contribution < -0.4 is 0 Å². The van der Waals surface area contributed by atoms with Crippen molar-refractivity contribution in [1.82, 2.24) is 14.5 Å². The third-order valence-corrected chi connectivity index (χ3v) is 6.15. The molecule has 27 heavy (non-hydrogen) atoms. The summed E-state index contributed by atoms with van der Waals surface area (Å²) >= 11 is 1.82. The van der Waals surface area contributed by atoms with Crippen LogP contribution in [0.25, 0.3) is 5.69 Å². The fourth-order valence-corrected chi connectivity index (χ4v) is 5.03. The summed E-state index contributed by atoms with van der Waals surface area (Å²) in [7, 11) is 0. The van der Waals surface area contributed by atoms with E-state index in [9.17, 15) is 4.39 Å². The van der Waals surface area contributed by atoms with Crippen molar-refractivity contribution in [2.24, 2.45) is 4.99 Å². The van der Waals surface area contributed by atoms with E-state index < -0.39 is 0 Å². The Kier molecular flexibility index (Phi) is 4.01. The molecule has 0 N–H and O–H groups in total. The number of benzene rings is 1. The maximum Gasteiger partial charge on any atom is 0.160 e. The minimum atomic E-state index is -0.234. The molecule has 6 heteroatoms. The van der Waals surface area contributed by atoms with Gasteiger partial charge < -0.3 is 9.47 Å². The topological polar surface area (TPSA) is 33.4 Å². The molecule has 4 nitrogen and oxygen atoms in total. The Morgan fingerprint density at radius 2 is 2.04 bits per heavy atom. The van der Waals surface area contributed by atoms with Crippen LogP contribution in [0.5, 0.6) is 0 Å². The average Bonchev–Trinajstić information content (AvgIpc) is 3.36. The number of aliphatic imine (C=N–C) groups is 1. The van der Waals surface area contributed by atoms with Gasteiger partial charge >= 0.3 is 0 Å². The SMILES string of the molecule is C[C@@H]1CN2C(=N[C@@H](c3ccccn3)[C@@H]2c2cccn2-c2cccc(F)c2)S1. The molecule has 0 aliphatic carbocycles. The van der Waals surface area contributed by atoms with Crippen molar-refractivity contribution in [3.63, 3.8) is 0 Å². The molecule has 0 bridgehead atoms. The molecule has 0 unspecified atom stereocenters. The molecule has 0 saturated carbocycles. The molecular formula is C21H19FN4S. The van der Waals surface area contributed by atoms with Crippen LogP contribution in [0.4, 0.5) is 4.39 Å². The molecule has 5 rings (SSSR count). The molecule has 4 heterocycles.